The number of hydrogen-bond acceptors (Lipinski definition) is 4. The minimum Gasteiger partial charge on any atom is -0.356 e. The van der Waals surface area contributed by atoms with E-state index in [-0.39, 0.29) is 65.4 Å². The van der Waals surface area contributed by atoms with Gasteiger partial charge in [0.2, 0.25) is 23.6 Å². The lowest BCUT2D eigenvalue weighted by Crippen LogP contribution is -2.53. The van der Waals surface area contributed by atoms with Gasteiger partial charge >= 0.3 is 0 Å². The minimum absolute atomic E-state index is 0.00963. The molecule has 0 aliphatic carbocycles. The second-order valence-electron chi connectivity index (χ2n) is 10.8. The second-order valence-corrected chi connectivity index (χ2v) is 10.8. The standard InChI is InChI=1S/C27H52N4O4/c1-17(2)26(34)28-14-12-15-30(24(10)32)16-13-19(5)22(8)31(25(11)33)23(9)20(6)21(7)29-27(35)18(3)4/h17-23H,12-16H2,1-11H3,(H,28,34)(H,29,35). The first-order chi connectivity index (χ1) is 16.1. The molecular formula is C27H52N4O4. The minimum atomic E-state index is -0.0847. The molecular weight excluding hydrogens is 444 g/mol. The lowest BCUT2D eigenvalue weighted by molar-refractivity contribution is -0.136. The van der Waals surface area contributed by atoms with Crippen LogP contribution in [0.3, 0.4) is 0 Å². The van der Waals surface area contributed by atoms with Crippen LogP contribution in [0.5, 0.6) is 0 Å². The Morgan fingerprint density at radius 1 is 0.714 bits per heavy atom. The third kappa shape index (κ3) is 11.4. The molecule has 0 bridgehead atoms. The number of carbonyl (C=O) groups excluding carboxylic acids is 4. The molecule has 0 aromatic carbocycles. The van der Waals surface area contributed by atoms with Crippen molar-refractivity contribution in [2.24, 2.45) is 23.7 Å². The maximum atomic E-state index is 12.7. The zero-order valence-electron chi connectivity index (χ0n) is 24.1. The highest BCUT2D eigenvalue weighted by Gasteiger charge is 2.32. The Kier molecular flexibility index (Phi) is 14.8. The summed E-state index contributed by atoms with van der Waals surface area (Å²) in [5.74, 6) is 0.176. The summed E-state index contributed by atoms with van der Waals surface area (Å²) in [4.78, 5) is 52.4. The topological polar surface area (TPSA) is 98.8 Å². The first kappa shape index (κ1) is 32.9. The highest BCUT2D eigenvalue weighted by molar-refractivity contribution is 5.78. The Balaban J connectivity index is 5.04. The summed E-state index contributed by atoms with van der Waals surface area (Å²) in [5.41, 5.74) is 0. The number of hydrogen-bond donors (Lipinski definition) is 2. The molecule has 0 aromatic heterocycles. The normalized spacial score (nSPS) is 15.7. The number of nitrogens with zero attached hydrogens (tertiary/aromatic N) is 2. The molecule has 0 aromatic rings. The molecule has 0 spiro atoms. The molecule has 0 rings (SSSR count). The molecule has 4 amide bonds. The molecule has 0 heterocycles. The molecule has 0 aliphatic heterocycles. The van der Waals surface area contributed by atoms with Gasteiger partial charge in [-0.05, 0) is 45.4 Å². The molecule has 8 nitrogen and oxygen atoms in total. The van der Waals surface area contributed by atoms with Gasteiger partial charge in [-0.1, -0.05) is 41.5 Å². The predicted octanol–water partition coefficient (Wildman–Crippen LogP) is 3.45. The second kappa shape index (κ2) is 15.8. The SMILES string of the molecule is CC(=O)N(CCCNC(=O)C(C)C)CCC(C)C(C)N(C(C)=O)C(C)C(C)C(C)NC(=O)C(C)C. The molecule has 0 saturated heterocycles. The van der Waals surface area contributed by atoms with E-state index in [4.69, 9.17) is 0 Å². The maximum Gasteiger partial charge on any atom is 0.222 e. The van der Waals surface area contributed by atoms with Crippen molar-refractivity contribution in [2.45, 2.75) is 107 Å². The number of amides is 4. The smallest absolute Gasteiger partial charge is 0.222 e. The lowest BCUT2D eigenvalue weighted by Gasteiger charge is -2.42. The highest BCUT2D eigenvalue weighted by atomic mass is 16.2. The van der Waals surface area contributed by atoms with E-state index < -0.39 is 0 Å². The van der Waals surface area contributed by atoms with Crippen molar-refractivity contribution in [1.29, 1.82) is 0 Å². The van der Waals surface area contributed by atoms with Gasteiger partial charge in [0.25, 0.3) is 0 Å². The number of carbonyl (C=O) groups is 4. The van der Waals surface area contributed by atoms with Crippen molar-refractivity contribution in [2.75, 3.05) is 19.6 Å². The van der Waals surface area contributed by atoms with Crippen molar-refractivity contribution < 1.29 is 19.2 Å². The van der Waals surface area contributed by atoms with Gasteiger partial charge in [-0.15, -0.1) is 0 Å². The van der Waals surface area contributed by atoms with Crippen LogP contribution in [0, 0.1) is 23.7 Å². The third-order valence-corrected chi connectivity index (χ3v) is 7.24. The lowest BCUT2D eigenvalue weighted by atomic mass is 9.90. The Bertz CT molecular complexity index is 695. The van der Waals surface area contributed by atoms with Crippen LogP contribution in [0.15, 0.2) is 0 Å². The zero-order chi connectivity index (χ0) is 27.5. The summed E-state index contributed by atoms with van der Waals surface area (Å²) in [6.07, 6.45) is 1.47. The van der Waals surface area contributed by atoms with Crippen molar-refractivity contribution in [1.82, 2.24) is 20.4 Å². The van der Waals surface area contributed by atoms with Gasteiger partial charge in [-0.25, -0.2) is 0 Å². The van der Waals surface area contributed by atoms with Crippen LogP contribution in [0.2, 0.25) is 0 Å². The van der Waals surface area contributed by atoms with Crippen LogP contribution in [-0.4, -0.2) is 71.2 Å². The molecule has 0 radical (unpaired) electrons. The Morgan fingerprint density at radius 2 is 1.26 bits per heavy atom. The van der Waals surface area contributed by atoms with Gasteiger partial charge in [-0.3, -0.25) is 19.2 Å². The van der Waals surface area contributed by atoms with Gasteiger partial charge in [0.15, 0.2) is 0 Å². The van der Waals surface area contributed by atoms with E-state index in [0.29, 0.717) is 26.1 Å². The maximum absolute atomic E-state index is 12.7. The van der Waals surface area contributed by atoms with Crippen LogP contribution < -0.4 is 10.6 Å². The van der Waals surface area contributed by atoms with E-state index in [1.807, 2.05) is 51.3 Å². The third-order valence-electron chi connectivity index (χ3n) is 7.24. The monoisotopic (exact) mass is 496 g/mol. The van der Waals surface area contributed by atoms with Crippen molar-refractivity contribution in [3.63, 3.8) is 0 Å². The zero-order valence-corrected chi connectivity index (χ0v) is 24.1. The average Bonchev–Trinajstić information content (AvgIpc) is 2.76. The molecule has 35 heavy (non-hydrogen) atoms. The van der Waals surface area contributed by atoms with E-state index in [2.05, 4.69) is 31.4 Å². The molecule has 204 valence electrons. The van der Waals surface area contributed by atoms with Crippen LogP contribution in [-0.2, 0) is 19.2 Å². The number of nitrogens with one attached hydrogen (secondary N) is 2. The van der Waals surface area contributed by atoms with Gasteiger partial charge in [0.05, 0.1) is 0 Å². The first-order valence-electron chi connectivity index (χ1n) is 13.2. The molecule has 0 fully saturated rings. The fourth-order valence-corrected chi connectivity index (χ4v) is 4.13. The summed E-state index contributed by atoms with van der Waals surface area (Å²) >= 11 is 0. The summed E-state index contributed by atoms with van der Waals surface area (Å²) in [7, 11) is 0. The van der Waals surface area contributed by atoms with E-state index in [9.17, 15) is 19.2 Å². The molecule has 0 saturated carbocycles. The summed E-state index contributed by atoms with van der Waals surface area (Å²) in [6, 6.07) is -0.133. The quantitative estimate of drug-likeness (QED) is 0.339. The van der Waals surface area contributed by atoms with Crippen LogP contribution in [0.1, 0.15) is 89.0 Å². The largest absolute Gasteiger partial charge is 0.356 e. The van der Waals surface area contributed by atoms with Gasteiger partial charge in [-0.2, -0.15) is 0 Å². The average molecular weight is 497 g/mol. The van der Waals surface area contributed by atoms with Crippen LogP contribution in [0.25, 0.3) is 0 Å². The molecule has 8 heteroatoms. The van der Waals surface area contributed by atoms with E-state index in [1.165, 1.54) is 0 Å². The van der Waals surface area contributed by atoms with Gasteiger partial charge < -0.3 is 20.4 Å². The van der Waals surface area contributed by atoms with Crippen LogP contribution >= 0.6 is 0 Å². The molecule has 0 aliphatic rings. The summed E-state index contributed by atoms with van der Waals surface area (Å²) in [5, 5.41) is 5.95. The van der Waals surface area contributed by atoms with E-state index in [1.54, 1.807) is 13.8 Å². The molecule has 5 atom stereocenters. The summed E-state index contributed by atoms with van der Waals surface area (Å²) < 4.78 is 0. The van der Waals surface area contributed by atoms with Gasteiger partial charge in [0, 0.05) is 63.4 Å². The first-order valence-corrected chi connectivity index (χ1v) is 13.2. The van der Waals surface area contributed by atoms with E-state index in [0.717, 1.165) is 6.42 Å². The fourth-order valence-electron chi connectivity index (χ4n) is 4.13. The highest BCUT2D eigenvalue weighted by Crippen LogP contribution is 2.23. The summed E-state index contributed by atoms with van der Waals surface area (Å²) in [6.45, 7) is 22.6. The Labute approximate surface area is 213 Å². The van der Waals surface area contributed by atoms with Crippen molar-refractivity contribution in [3.05, 3.63) is 0 Å². The van der Waals surface area contributed by atoms with E-state index >= 15 is 0 Å². The predicted molar refractivity (Wildman–Crippen MR) is 142 cm³/mol. The Hall–Kier alpha value is -2.12. The van der Waals surface area contributed by atoms with Crippen molar-refractivity contribution >= 4 is 23.6 Å². The fraction of sp³-hybridized carbons (Fsp3) is 0.852. The van der Waals surface area contributed by atoms with Crippen LogP contribution in [0.4, 0.5) is 0 Å². The number of rotatable bonds is 15. The van der Waals surface area contributed by atoms with Gasteiger partial charge in [0.1, 0.15) is 0 Å². The van der Waals surface area contributed by atoms with Crippen molar-refractivity contribution in [3.8, 4) is 0 Å². The molecule has 2 N–H and O–H groups in total. The Morgan fingerprint density at radius 3 is 1.71 bits per heavy atom. The molecule has 5 unspecified atom stereocenters.